The molecule has 2 unspecified atom stereocenters. The lowest BCUT2D eigenvalue weighted by Gasteiger charge is -2.37. The van der Waals surface area contributed by atoms with E-state index < -0.39 is 44.0 Å². The van der Waals surface area contributed by atoms with Crippen LogP contribution in [0, 0.1) is 5.92 Å². The molecule has 2 rings (SSSR count). The van der Waals surface area contributed by atoms with Crippen LogP contribution in [0.5, 0.6) is 5.75 Å². The summed E-state index contributed by atoms with van der Waals surface area (Å²) in [7, 11) is -2.28. The number of rotatable bonds is 15. The number of anilines is 1. The summed E-state index contributed by atoms with van der Waals surface area (Å²) in [6.07, 6.45) is -0.182. The molecule has 0 aliphatic heterocycles. The zero-order valence-corrected chi connectivity index (χ0v) is 30.3. The summed E-state index contributed by atoms with van der Waals surface area (Å²) >= 11 is 0. The first-order valence-electron chi connectivity index (χ1n) is 16.0. The minimum absolute atomic E-state index is 0.0941. The molecule has 0 saturated carbocycles. The molecule has 0 saturated heterocycles. The van der Waals surface area contributed by atoms with Crippen LogP contribution >= 0.6 is 0 Å². The van der Waals surface area contributed by atoms with Gasteiger partial charge in [0, 0.05) is 19.0 Å². The summed E-state index contributed by atoms with van der Waals surface area (Å²) < 4.78 is 17.2. The number of hydrogen-bond acceptors (Lipinski definition) is 7. The maximum Gasteiger partial charge on any atom is 0.407 e. The Morgan fingerprint density at radius 1 is 0.915 bits per heavy atom. The summed E-state index contributed by atoms with van der Waals surface area (Å²) in [4.78, 5) is 49.4. The molecule has 2 aromatic rings. The zero-order chi connectivity index (χ0) is 35.4. The van der Waals surface area contributed by atoms with E-state index in [1.165, 1.54) is 0 Å². The van der Waals surface area contributed by atoms with Crippen molar-refractivity contribution in [1.29, 1.82) is 0 Å². The van der Waals surface area contributed by atoms with Crippen LogP contribution in [-0.2, 0) is 32.1 Å². The lowest BCUT2D eigenvalue weighted by Crippen LogP contribution is -2.44. The normalized spacial score (nSPS) is 13.1. The highest BCUT2D eigenvalue weighted by Gasteiger charge is 2.39. The van der Waals surface area contributed by atoms with Gasteiger partial charge >= 0.3 is 18.2 Å². The number of hydrogen-bond donors (Lipinski definition) is 4. The van der Waals surface area contributed by atoms with Crippen molar-refractivity contribution in [2.75, 3.05) is 11.9 Å². The fourth-order valence-electron chi connectivity index (χ4n) is 4.22. The van der Waals surface area contributed by atoms with Gasteiger partial charge < -0.3 is 35.0 Å². The molecule has 0 aromatic heterocycles. The Morgan fingerprint density at radius 3 is 2.17 bits per heavy atom. The van der Waals surface area contributed by atoms with Gasteiger partial charge in [-0.3, -0.25) is 9.59 Å². The largest absolute Gasteiger partial charge is 0.542 e. The summed E-state index contributed by atoms with van der Waals surface area (Å²) in [6.45, 7) is 17.9. The average molecular weight is 672 g/mol. The number of amides is 3. The topological polar surface area (TPSA) is 152 Å². The van der Waals surface area contributed by atoms with Gasteiger partial charge in [-0.05, 0) is 81.4 Å². The van der Waals surface area contributed by atoms with E-state index in [-0.39, 0.29) is 36.9 Å². The van der Waals surface area contributed by atoms with Crippen molar-refractivity contribution in [3.8, 4) is 5.75 Å². The fourth-order valence-corrected chi connectivity index (χ4v) is 5.26. The van der Waals surface area contributed by atoms with Gasteiger partial charge in [0.15, 0.2) is 0 Å². The lowest BCUT2D eigenvalue weighted by atomic mass is 9.96. The molecule has 11 nitrogen and oxygen atoms in total. The third-order valence-corrected chi connectivity index (χ3v) is 12.2. The Morgan fingerprint density at radius 2 is 1.57 bits per heavy atom. The second-order valence-electron chi connectivity index (χ2n) is 14.4. The maximum atomic E-state index is 13.1. The number of carboxylic acids is 1. The predicted octanol–water partition coefficient (Wildman–Crippen LogP) is 7.26. The first-order valence-corrected chi connectivity index (χ1v) is 19.0. The van der Waals surface area contributed by atoms with E-state index in [0.29, 0.717) is 24.3 Å². The summed E-state index contributed by atoms with van der Waals surface area (Å²) in [5, 5.41) is 17.9. The molecule has 47 heavy (non-hydrogen) atoms. The third-order valence-electron chi connectivity index (χ3n) is 7.81. The van der Waals surface area contributed by atoms with E-state index in [4.69, 9.17) is 13.9 Å². The van der Waals surface area contributed by atoms with Crippen LogP contribution in [0.1, 0.15) is 78.9 Å². The van der Waals surface area contributed by atoms with Gasteiger partial charge in [-0.15, -0.1) is 0 Å². The molecule has 0 aliphatic carbocycles. The number of ether oxygens (including phenoxy) is 2. The van der Waals surface area contributed by atoms with Crippen LogP contribution in [0.2, 0.25) is 18.1 Å². The molecular weight excluding hydrogens is 618 g/mol. The second kappa shape index (κ2) is 17.2. The fraction of sp³-hybridized carbons (Fsp3) is 0.543. The number of benzene rings is 2. The minimum atomic E-state index is -2.28. The van der Waals surface area contributed by atoms with Crippen LogP contribution < -0.4 is 20.4 Å². The van der Waals surface area contributed by atoms with Crippen molar-refractivity contribution < 1.29 is 38.2 Å². The number of carbonyl (C=O) groups is 4. The van der Waals surface area contributed by atoms with E-state index in [0.717, 1.165) is 11.1 Å². The van der Waals surface area contributed by atoms with Crippen molar-refractivity contribution in [2.24, 2.45) is 5.92 Å². The van der Waals surface area contributed by atoms with E-state index in [9.17, 15) is 24.3 Å². The van der Waals surface area contributed by atoms with Crippen molar-refractivity contribution in [3.05, 3.63) is 59.7 Å². The highest BCUT2D eigenvalue weighted by molar-refractivity contribution is 6.74. The van der Waals surface area contributed by atoms with Crippen LogP contribution in [-0.4, -0.2) is 55.7 Å². The molecule has 0 radical (unpaired) electrons. The molecule has 0 aliphatic rings. The molecule has 4 N–H and O–H groups in total. The lowest BCUT2D eigenvalue weighted by molar-refractivity contribution is -0.141. The Kier molecular flexibility index (Phi) is 14.3. The molecule has 0 fully saturated rings. The molecule has 2 atom stereocenters. The van der Waals surface area contributed by atoms with Gasteiger partial charge in [0.05, 0.1) is 11.6 Å². The molecule has 260 valence electrons. The van der Waals surface area contributed by atoms with Gasteiger partial charge in [-0.2, -0.15) is 0 Å². The van der Waals surface area contributed by atoms with Gasteiger partial charge in [-0.1, -0.05) is 64.1 Å². The van der Waals surface area contributed by atoms with Crippen LogP contribution in [0.15, 0.2) is 48.5 Å². The Labute approximate surface area is 280 Å². The number of nitrogens with one attached hydrogen (secondary N) is 3. The minimum Gasteiger partial charge on any atom is -0.542 e. The molecule has 3 amide bonds. The van der Waals surface area contributed by atoms with Gasteiger partial charge in [-0.25, -0.2) is 9.59 Å². The van der Waals surface area contributed by atoms with Crippen molar-refractivity contribution in [2.45, 2.75) is 111 Å². The molecular formula is C35H53N3O8Si. The third kappa shape index (κ3) is 14.5. The summed E-state index contributed by atoms with van der Waals surface area (Å²) in [5.74, 6) is -1.40. The Balaban J connectivity index is 2.16. The quantitative estimate of drug-likeness (QED) is 0.114. The smallest absolute Gasteiger partial charge is 0.407 e. The van der Waals surface area contributed by atoms with Gasteiger partial charge in [0.1, 0.15) is 18.0 Å². The average Bonchev–Trinajstić information content (AvgIpc) is 2.94. The van der Waals surface area contributed by atoms with Crippen LogP contribution in [0.4, 0.5) is 15.3 Å². The highest BCUT2D eigenvalue weighted by Crippen LogP contribution is 2.39. The van der Waals surface area contributed by atoms with Gasteiger partial charge in [0.2, 0.25) is 5.91 Å². The molecule has 0 bridgehead atoms. The van der Waals surface area contributed by atoms with E-state index in [1.807, 2.05) is 36.4 Å². The SMILES string of the molecule is CC(CC(Cc1ccc(O[Si](C)(C)C(C)(C)C)c(NC(=O)CCCNC(=O)OCc2ccccc2)c1)NC(=O)OC(C)(C)C)C(=O)O. The van der Waals surface area contributed by atoms with E-state index in [2.05, 4.69) is 49.8 Å². The molecule has 0 heterocycles. The Hall–Kier alpha value is -4.06. The van der Waals surface area contributed by atoms with Crippen LogP contribution in [0.3, 0.4) is 0 Å². The van der Waals surface area contributed by atoms with Crippen LogP contribution in [0.25, 0.3) is 0 Å². The van der Waals surface area contributed by atoms with Crippen molar-refractivity contribution >= 4 is 38.1 Å². The second-order valence-corrected chi connectivity index (χ2v) is 19.1. The molecule has 12 heteroatoms. The van der Waals surface area contributed by atoms with E-state index in [1.54, 1.807) is 39.8 Å². The number of carboxylic acid groups (broad SMARTS) is 1. The number of carbonyl (C=O) groups excluding carboxylic acids is 3. The standard InChI is InChI=1S/C35H53N3O8Si/c1-24(31(40)41)20-27(37-33(43)45-34(2,3)4)21-26-17-18-29(46-47(8,9)35(5,6)7)28(22-26)38-30(39)16-13-19-36-32(42)44-23-25-14-11-10-12-15-25/h10-12,14-15,17-18,22,24,27H,13,16,19-21,23H2,1-9H3,(H,36,42)(H,37,43)(H,38,39)(H,40,41). The summed E-state index contributed by atoms with van der Waals surface area (Å²) in [6, 6.07) is 14.3. The van der Waals surface area contributed by atoms with Gasteiger partial charge in [0.25, 0.3) is 8.32 Å². The summed E-state index contributed by atoms with van der Waals surface area (Å²) in [5.41, 5.74) is 1.41. The zero-order valence-electron chi connectivity index (χ0n) is 29.3. The van der Waals surface area contributed by atoms with Crippen molar-refractivity contribution in [1.82, 2.24) is 10.6 Å². The molecule has 2 aromatic carbocycles. The number of alkyl carbamates (subject to hydrolysis) is 2. The monoisotopic (exact) mass is 671 g/mol. The maximum absolute atomic E-state index is 13.1. The first-order chi connectivity index (χ1) is 21.8. The first kappa shape index (κ1) is 39.1. The van der Waals surface area contributed by atoms with Crippen molar-refractivity contribution in [3.63, 3.8) is 0 Å². The Bertz CT molecular complexity index is 1350. The predicted molar refractivity (Wildman–Crippen MR) is 185 cm³/mol. The molecule has 0 spiro atoms. The highest BCUT2D eigenvalue weighted by atomic mass is 28.4. The van der Waals surface area contributed by atoms with E-state index >= 15 is 0 Å². The number of aliphatic carboxylic acids is 1.